The number of rotatable bonds is 1. The van der Waals surface area contributed by atoms with Gasteiger partial charge < -0.3 is 10.2 Å². The summed E-state index contributed by atoms with van der Waals surface area (Å²) in [6, 6.07) is 7.62. The zero-order valence-electron chi connectivity index (χ0n) is 10.5. The molecule has 1 fully saturated rings. The lowest BCUT2D eigenvalue weighted by Gasteiger charge is -2.38. The van der Waals surface area contributed by atoms with E-state index < -0.39 is 0 Å². The molecule has 5 heteroatoms. The van der Waals surface area contributed by atoms with Gasteiger partial charge in [0.25, 0.3) is 5.91 Å². The molecule has 1 aliphatic rings. The Balaban J connectivity index is 0.00000162. The molecular formula is C13H18Cl2N2O. The fraction of sp³-hybridized carbons (Fsp3) is 0.462. The van der Waals surface area contributed by atoms with Crippen molar-refractivity contribution in [3.8, 4) is 0 Å². The van der Waals surface area contributed by atoms with Gasteiger partial charge in [-0.25, -0.2) is 0 Å². The van der Waals surface area contributed by atoms with Crippen LogP contribution in [0.5, 0.6) is 0 Å². The van der Waals surface area contributed by atoms with Crippen LogP contribution in [0.3, 0.4) is 0 Å². The number of halogens is 2. The molecule has 100 valence electrons. The van der Waals surface area contributed by atoms with Crippen LogP contribution in [0.2, 0.25) is 5.02 Å². The molecule has 1 aromatic rings. The van der Waals surface area contributed by atoms with Crippen LogP contribution >= 0.6 is 24.0 Å². The molecule has 0 spiro atoms. The van der Waals surface area contributed by atoms with E-state index in [0.29, 0.717) is 16.6 Å². The van der Waals surface area contributed by atoms with Crippen molar-refractivity contribution in [3.63, 3.8) is 0 Å². The smallest absolute Gasteiger partial charge is 0.254 e. The third kappa shape index (κ3) is 3.16. The average molecular weight is 289 g/mol. The average Bonchev–Trinajstić information content (AvgIpc) is 2.33. The second-order valence-electron chi connectivity index (χ2n) is 4.49. The van der Waals surface area contributed by atoms with Gasteiger partial charge in [-0.2, -0.15) is 0 Å². The van der Waals surface area contributed by atoms with Gasteiger partial charge in [-0.15, -0.1) is 12.4 Å². The summed E-state index contributed by atoms with van der Waals surface area (Å²) in [7, 11) is 0. The number of amides is 1. The van der Waals surface area contributed by atoms with Gasteiger partial charge in [0.1, 0.15) is 0 Å². The Kier molecular flexibility index (Phi) is 5.45. The number of carbonyl (C=O) groups is 1. The number of hydrogen-bond acceptors (Lipinski definition) is 2. The van der Waals surface area contributed by atoms with Gasteiger partial charge in [0, 0.05) is 35.8 Å². The molecule has 0 saturated carbocycles. The Morgan fingerprint density at radius 2 is 1.94 bits per heavy atom. The standard InChI is InChI=1S/C13H17ClN2O.ClH/c1-9-10(2)16(8-7-15-9)13(17)11-3-5-12(14)6-4-11;/h3-6,9-10,15H,7-8H2,1-2H3;1H. The molecule has 1 saturated heterocycles. The van der Waals surface area contributed by atoms with Crippen molar-refractivity contribution in [1.29, 1.82) is 0 Å². The van der Waals surface area contributed by atoms with Crippen molar-refractivity contribution < 1.29 is 4.79 Å². The number of carbonyl (C=O) groups excluding carboxylic acids is 1. The molecule has 0 radical (unpaired) electrons. The van der Waals surface area contributed by atoms with Crippen LogP contribution in [0.1, 0.15) is 24.2 Å². The van der Waals surface area contributed by atoms with E-state index in [1.165, 1.54) is 0 Å². The lowest BCUT2D eigenvalue weighted by molar-refractivity contribution is 0.0603. The molecule has 18 heavy (non-hydrogen) atoms. The number of hydrogen-bond donors (Lipinski definition) is 1. The van der Waals surface area contributed by atoms with E-state index >= 15 is 0 Å². The number of benzene rings is 1. The summed E-state index contributed by atoms with van der Waals surface area (Å²) < 4.78 is 0. The molecule has 2 unspecified atom stereocenters. The Labute approximate surface area is 119 Å². The zero-order chi connectivity index (χ0) is 12.4. The second kappa shape index (κ2) is 6.41. The van der Waals surface area contributed by atoms with E-state index in [4.69, 9.17) is 11.6 Å². The third-order valence-electron chi connectivity index (χ3n) is 3.39. The van der Waals surface area contributed by atoms with Crippen LogP contribution in [0.25, 0.3) is 0 Å². The van der Waals surface area contributed by atoms with Gasteiger partial charge in [-0.05, 0) is 38.1 Å². The largest absolute Gasteiger partial charge is 0.333 e. The van der Waals surface area contributed by atoms with Crippen molar-refractivity contribution in [3.05, 3.63) is 34.9 Å². The quantitative estimate of drug-likeness (QED) is 0.862. The molecular weight excluding hydrogens is 271 g/mol. The van der Waals surface area contributed by atoms with E-state index in [1.807, 2.05) is 4.90 Å². The van der Waals surface area contributed by atoms with Crippen molar-refractivity contribution in [2.45, 2.75) is 25.9 Å². The Morgan fingerprint density at radius 1 is 1.33 bits per heavy atom. The lowest BCUT2D eigenvalue weighted by Crippen LogP contribution is -2.57. The van der Waals surface area contributed by atoms with E-state index in [-0.39, 0.29) is 24.4 Å². The molecule has 1 amide bonds. The maximum atomic E-state index is 12.3. The first-order chi connectivity index (χ1) is 8.09. The van der Waals surface area contributed by atoms with Crippen LogP contribution in [0.4, 0.5) is 0 Å². The van der Waals surface area contributed by atoms with E-state index in [1.54, 1.807) is 24.3 Å². The van der Waals surface area contributed by atoms with Crippen LogP contribution in [0, 0.1) is 0 Å². The van der Waals surface area contributed by atoms with E-state index in [9.17, 15) is 4.79 Å². The molecule has 3 nitrogen and oxygen atoms in total. The summed E-state index contributed by atoms with van der Waals surface area (Å²) in [5, 5.41) is 4.02. The minimum atomic E-state index is 0. The van der Waals surface area contributed by atoms with Gasteiger partial charge >= 0.3 is 0 Å². The maximum absolute atomic E-state index is 12.3. The first kappa shape index (κ1) is 15.3. The third-order valence-corrected chi connectivity index (χ3v) is 3.64. The van der Waals surface area contributed by atoms with Crippen molar-refractivity contribution in [2.24, 2.45) is 0 Å². The topological polar surface area (TPSA) is 32.3 Å². The SMILES string of the molecule is CC1NCCN(C(=O)c2ccc(Cl)cc2)C1C.Cl. The monoisotopic (exact) mass is 288 g/mol. The Hall–Kier alpha value is -0.770. The van der Waals surface area contributed by atoms with Gasteiger partial charge in [0.05, 0.1) is 0 Å². The number of nitrogens with one attached hydrogen (secondary N) is 1. The fourth-order valence-electron chi connectivity index (χ4n) is 2.10. The second-order valence-corrected chi connectivity index (χ2v) is 4.93. The highest BCUT2D eigenvalue weighted by atomic mass is 35.5. The van der Waals surface area contributed by atoms with Crippen molar-refractivity contribution in [2.75, 3.05) is 13.1 Å². The highest BCUT2D eigenvalue weighted by molar-refractivity contribution is 6.30. The highest BCUT2D eigenvalue weighted by Gasteiger charge is 2.28. The molecule has 1 N–H and O–H groups in total. The van der Waals surface area contributed by atoms with Crippen LogP contribution in [-0.4, -0.2) is 36.0 Å². The predicted molar refractivity (Wildman–Crippen MR) is 76.7 cm³/mol. The first-order valence-electron chi connectivity index (χ1n) is 5.89. The predicted octanol–water partition coefficient (Wildman–Crippen LogP) is 2.58. The molecule has 2 rings (SSSR count). The highest BCUT2D eigenvalue weighted by Crippen LogP contribution is 2.15. The van der Waals surface area contributed by atoms with E-state index in [0.717, 1.165) is 13.1 Å². The van der Waals surface area contributed by atoms with Gasteiger partial charge in [0.15, 0.2) is 0 Å². The molecule has 1 aromatic carbocycles. The number of nitrogens with zero attached hydrogens (tertiary/aromatic N) is 1. The minimum Gasteiger partial charge on any atom is -0.333 e. The Morgan fingerprint density at radius 3 is 2.56 bits per heavy atom. The molecule has 1 heterocycles. The van der Waals surface area contributed by atoms with Gasteiger partial charge in [-0.3, -0.25) is 4.79 Å². The normalized spacial score (nSPS) is 23.4. The summed E-state index contributed by atoms with van der Waals surface area (Å²) >= 11 is 5.82. The first-order valence-corrected chi connectivity index (χ1v) is 6.27. The summed E-state index contributed by atoms with van der Waals surface area (Å²) in [6.45, 7) is 5.79. The van der Waals surface area contributed by atoms with Gasteiger partial charge in [-0.1, -0.05) is 11.6 Å². The van der Waals surface area contributed by atoms with Crippen molar-refractivity contribution in [1.82, 2.24) is 10.2 Å². The summed E-state index contributed by atoms with van der Waals surface area (Å²) in [4.78, 5) is 14.2. The summed E-state index contributed by atoms with van der Waals surface area (Å²) in [5.74, 6) is 0.0857. The van der Waals surface area contributed by atoms with Crippen molar-refractivity contribution >= 4 is 29.9 Å². The van der Waals surface area contributed by atoms with E-state index in [2.05, 4.69) is 19.2 Å². The summed E-state index contributed by atoms with van der Waals surface area (Å²) in [6.07, 6.45) is 0. The molecule has 2 atom stereocenters. The van der Waals surface area contributed by atoms with Crippen LogP contribution < -0.4 is 5.32 Å². The molecule has 1 aliphatic heterocycles. The zero-order valence-corrected chi connectivity index (χ0v) is 12.1. The van der Waals surface area contributed by atoms with Crippen LogP contribution in [-0.2, 0) is 0 Å². The molecule has 0 aromatic heterocycles. The van der Waals surface area contributed by atoms with Gasteiger partial charge in [0.2, 0.25) is 0 Å². The lowest BCUT2D eigenvalue weighted by atomic mass is 10.1. The minimum absolute atomic E-state index is 0. The maximum Gasteiger partial charge on any atom is 0.254 e. The Bertz CT molecular complexity index is 408. The number of piperazine rings is 1. The summed E-state index contributed by atoms with van der Waals surface area (Å²) in [5.41, 5.74) is 0.704. The fourth-order valence-corrected chi connectivity index (χ4v) is 2.23. The molecule has 0 bridgehead atoms. The van der Waals surface area contributed by atoms with Crippen LogP contribution in [0.15, 0.2) is 24.3 Å². The molecule has 0 aliphatic carbocycles.